The van der Waals surface area contributed by atoms with Gasteiger partial charge >= 0.3 is 0 Å². The molecule has 1 fully saturated rings. The molecule has 2 aromatic heterocycles. The van der Waals surface area contributed by atoms with Crippen LogP contribution in [0.1, 0.15) is 13.3 Å². The van der Waals surface area contributed by atoms with E-state index in [2.05, 4.69) is 32.4 Å². The number of fused-ring (bicyclic) bond motifs is 5. The Morgan fingerprint density at radius 2 is 2.23 bits per heavy atom. The number of carbonyl (C=O) groups is 1. The minimum atomic E-state index is -0.304. The van der Waals surface area contributed by atoms with Gasteiger partial charge in [-0.25, -0.2) is 4.98 Å². The second-order valence-corrected chi connectivity index (χ2v) is 5.71. The standard InChI is InChI=1S/C15H17N5O2/c1-2-8-6-16-7-10-14(21)18-11-12(20(8)10)9-4-3-5-17-13(9)19-15(11)22/h3-5,8,10,16H,2,6-7H2,1H3,(H,18,21)(H,17,19,22). The summed E-state index contributed by atoms with van der Waals surface area (Å²) in [6, 6.07) is 3.65. The van der Waals surface area contributed by atoms with Gasteiger partial charge < -0.3 is 20.5 Å². The molecule has 2 unspecified atom stereocenters. The Morgan fingerprint density at radius 1 is 1.36 bits per heavy atom. The summed E-state index contributed by atoms with van der Waals surface area (Å²) in [7, 11) is 0. The smallest absolute Gasteiger partial charge is 0.275 e. The second kappa shape index (κ2) is 4.81. The van der Waals surface area contributed by atoms with E-state index in [0.717, 1.165) is 24.0 Å². The number of aromatic nitrogens is 2. The highest BCUT2D eigenvalue weighted by Crippen LogP contribution is 2.37. The van der Waals surface area contributed by atoms with Gasteiger partial charge in [-0.3, -0.25) is 9.59 Å². The normalized spacial score (nSPS) is 23.9. The van der Waals surface area contributed by atoms with Crippen LogP contribution in [0.3, 0.4) is 0 Å². The molecule has 7 nitrogen and oxygen atoms in total. The van der Waals surface area contributed by atoms with Crippen molar-refractivity contribution < 1.29 is 4.79 Å². The summed E-state index contributed by atoms with van der Waals surface area (Å²) in [6.07, 6.45) is 2.55. The molecule has 0 radical (unpaired) electrons. The number of hydrogen-bond acceptors (Lipinski definition) is 5. The number of rotatable bonds is 1. The van der Waals surface area contributed by atoms with Crippen molar-refractivity contribution in [1.29, 1.82) is 0 Å². The topological polar surface area (TPSA) is 90.1 Å². The van der Waals surface area contributed by atoms with Gasteiger partial charge in [0, 0.05) is 30.7 Å². The Kier molecular flexibility index (Phi) is 2.90. The van der Waals surface area contributed by atoms with Crippen LogP contribution in [0.15, 0.2) is 23.1 Å². The maximum absolute atomic E-state index is 12.4. The van der Waals surface area contributed by atoms with E-state index < -0.39 is 0 Å². The van der Waals surface area contributed by atoms with Crippen LogP contribution in [0.25, 0.3) is 11.0 Å². The van der Waals surface area contributed by atoms with E-state index in [0.29, 0.717) is 17.9 Å². The van der Waals surface area contributed by atoms with Crippen LogP contribution in [0, 0.1) is 0 Å². The van der Waals surface area contributed by atoms with Gasteiger partial charge in [-0.05, 0) is 18.6 Å². The molecule has 2 atom stereocenters. The van der Waals surface area contributed by atoms with Crippen molar-refractivity contribution >= 4 is 28.3 Å². The van der Waals surface area contributed by atoms with Crippen LogP contribution >= 0.6 is 0 Å². The quantitative estimate of drug-likeness (QED) is 0.710. The van der Waals surface area contributed by atoms with E-state index >= 15 is 0 Å². The van der Waals surface area contributed by atoms with Crippen molar-refractivity contribution in [2.75, 3.05) is 23.3 Å². The molecular formula is C15H17N5O2. The average Bonchev–Trinajstić information content (AvgIpc) is 2.55. The Balaban J connectivity index is 2.04. The number of pyridine rings is 2. The summed E-state index contributed by atoms with van der Waals surface area (Å²) in [5.74, 6) is -0.133. The lowest BCUT2D eigenvalue weighted by Crippen LogP contribution is -2.64. The lowest BCUT2D eigenvalue weighted by atomic mass is 9.99. The van der Waals surface area contributed by atoms with Crippen molar-refractivity contribution in [2.45, 2.75) is 25.4 Å². The van der Waals surface area contributed by atoms with E-state index in [4.69, 9.17) is 0 Å². The first kappa shape index (κ1) is 13.3. The van der Waals surface area contributed by atoms with Crippen LogP contribution < -0.4 is 21.1 Å². The number of nitrogens with zero attached hydrogens (tertiary/aromatic N) is 2. The molecule has 0 aliphatic carbocycles. The maximum Gasteiger partial charge on any atom is 0.275 e. The third-order valence-corrected chi connectivity index (χ3v) is 4.49. The van der Waals surface area contributed by atoms with Crippen molar-refractivity contribution in [3.8, 4) is 0 Å². The minimum Gasteiger partial charge on any atom is -0.352 e. The fourth-order valence-electron chi connectivity index (χ4n) is 3.44. The van der Waals surface area contributed by atoms with E-state index in [1.807, 2.05) is 12.1 Å². The Morgan fingerprint density at radius 3 is 3.05 bits per heavy atom. The molecule has 0 saturated carbocycles. The van der Waals surface area contributed by atoms with Gasteiger partial charge in [-0.2, -0.15) is 0 Å². The van der Waals surface area contributed by atoms with Crippen molar-refractivity contribution in [1.82, 2.24) is 15.3 Å². The fraction of sp³-hybridized carbons (Fsp3) is 0.400. The van der Waals surface area contributed by atoms with Gasteiger partial charge in [-0.1, -0.05) is 6.92 Å². The highest BCUT2D eigenvalue weighted by Gasteiger charge is 2.41. The maximum atomic E-state index is 12.4. The number of hydrogen-bond donors (Lipinski definition) is 3. The molecule has 4 heterocycles. The molecule has 1 amide bonds. The van der Waals surface area contributed by atoms with Crippen molar-refractivity contribution in [2.24, 2.45) is 0 Å². The minimum absolute atomic E-state index is 0.133. The number of aromatic amines is 1. The Bertz CT molecular complexity index is 815. The van der Waals surface area contributed by atoms with Crippen LogP contribution in [0.2, 0.25) is 0 Å². The molecule has 114 valence electrons. The van der Waals surface area contributed by atoms with Gasteiger partial charge in [0.2, 0.25) is 5.91 Å². The number of piperazine rings is 1. The predicted octanol–water partition coefficient (Wildman–Crippen LogP) is 0.432. The molecule has 2 aliphatic heterocycles. The molecule has 4 rings (SSSR count). The molecule has 1 saturated heterocycles. The third-order valence-electron chi connectivity index (χ3n) is 4.49. The van der Waals surface area contributed by atoms with Gasteiger partial charge in [-0.15, -0.1) is 0 Å². The van der Waals surface area contributed by atoms with Gasteiger partial charge in [0.25, 0.3) is 5.56 Å². The van der Waals surface area contributed by atoms with E-state index in [1.165, 1.54) is 0 Å². The predicted molar refractivity (Wildman–Crippen MR) is 84.2 cm³/mol. The summed E-state index contributed by atoms with van der Waals surface area (Å²) in [5, 5.41) is 6.94. The van der Waals surface area contributed by atoms with Crippen molar-refractivity contribution in [3.63, 3.8) is 0 Å². The fourth-order valence-corrected chi connectivity index (χ4v) is 3.44. The number of H-pyrrole nitrogens is 1. The number of nitrogens with one attached hydrogen (secondary N) is 3. The zero-order chi connectivity index (χ0) is 15.3. The second-order valence-electron chi connectivity index (χ2n) is 5.71. The zero-order valence-corrected chi connectivity index (χ0v) is 12.2. The highest BCUT2D eigenvalue weighted by atomic mass is 16.2. The van der Waals surface area contributed by atoms with E-state index in [-0.39, 0.29) is 23.6 Å². The lowest BCUT2D eigenvalue weighted by Gasteiger charge is -2.46. The van der Waals surface area contributed by atoms with E-state index in [1.54, 1.807) is 6.20 Å². The first-order valence-corrected chi connectivity index (χ1v) is 7.51. The van der Waals surface area contributed by atoms with Gasteiger partial charge in [0.15, 0.2) is 0 Å². The van der Waals surface area contributed by atoms with Crippen LogP contribution in [-0.2, 0) is 4.79 Å². The third kappa shape index (κ3) is 1.75. The molecule has 0 aromatic carbocycles. The molecule has 22 heavy (non-hydrogen) atoms. The van der Waals surface area contributed by atoms with Gasteiger partial charge in [0.1, 0.15) is 17.4 Å². The monoisotopic (exact) mass is 299 g/mol. The summed E-state index contributed by atoms with van der Waals surface area (Å²) in [5.41, 5.74) is 1.38. The highest BCUT2D eigenvalue weighted by molar-refractivity contribution is 6.09. The first-order chi connectivity index (χ1) is 10.7. The average molecular weight is 299 g/mol. The molecule has 0 bridgehead atoms. The summed E-state index contributed by atoms with van der Waals surface area (Å²) >= 11 is 0. The molecule has 7 heteroatoms. The zero-order valence-electron chi connectivity index (χ0n) is 12.2. The molecule has 0 spiro atoms. The largest absolute Gasteiger partial charge is 0.352 e. The van der Waals surface area contributed by atoms with Crippen molar-refractivity contribution in [3.05, 3.63) is 28.7 Å². The molecule has 2 aromatic rings. The van der Waals surface area contributed by atoms with Crippen LogP contribution in [-0.4, -0.2) is 41.0 Å². The van der Waals surface area contributed by atoms with Gasteiger partial charge in [0.05, 0.1) is 5.69 Å². The number of carbonyl (C=O) groups excluding carboxylic acids is 1. The first-order valence-electron chi connectivity index (χ1n) is 7.51. The molecule has 3 N–H and O–H groups in total. The van der Waals surface area contributed by atoms with E-state index in [9.17, 15) is 9.59 Å². The number of amides is 1. The molecule has 2 aliphatic rings. The van der Waals surface area contributed by atoms with Crippen LogP contribution in [0.5, 0.6) is 0 Å². The lowest BCUT2D eigenvalue weighted by molar-refractivity contribution is -0.118. The SMILES string of the molecule is CCC1CNCC2C(=O)Nc3c(c4cccnc4[nH]c3=O)N12. The summed E-state index contributed by atoms with van der Waals surface area (Å²) < 4.78 is 0. The molecular weight excluding hydrogens is 282 g/mol. The Labute approximate surface area is 126 Å². The Hall–Kier alpha value is -2.41. The summed E-state index contributed by atoms with van der Waals surface area (Å²) in [6.45, 7) is 3.47. The number of anilines is 2. The summed E-state index contributed by atoms with van der Waals surface area (Å²) in [4.78, 5) is 33.8. The van der Waals surface area contributed by atoms with Crippen LogP contribution in [0.4, 0.5) is 11.4 Å².